The number of rotatable bonds is 6. The molecule has 6 nitrogen and oxygen atoms in total. The first-order valence-corrected chi connectivity index (χ1v) is 8.62. The number of carbonyl (C=O) groups excluding carboxylic acids is 1. The predicted molar refractivity (Wildman–Crippen MR) is 75.4 cm³/mol. The van der Waals surface area contributed by atoms with Crippen molar-refractivity contribution < 1.29 is 13.2 Å². The summed E-state index contributed by atoms with van der Waals surface area (Å²) in [5.74, 6) is 0.124. The van der Waals surface area contributed by atoms with Gasteiger partial charge in [0, 0.05) is 38.6 Å². The average molecular weight is 291 g/mol. The number of amides is 1. The molecule has 1 aliphatic rings. The number of nitrogens with zero attached hydrogens (tertiary/aromatic N) is 2. The fourth-order valence-electron chi connectivity index (χ4n) is 2.06. The number of hydrogen-bond acceptors (Lipinski definition) is 4. The zero-order chi connectivity index (χ0) is 14.5. The summed E-state index contributed by atoms with van der Waals surface area (Å²) in [4.78, 5) is 13.7. The van der Waals surface area contributed by atoms with Crippen molar-refractivity contribution >= 4 is 15.9 Å². The fraction of sp³-hybridized carbons (Fsp3) is 0.917. The normalized spacial score (nSPS) is 18.0. The van der Waals surface area contributed by atoms with Crippen molar-refractivity contribution in [2.45, 2.75) is 32.7 Å². The van der Waals surface area contributed by atoms with Gasteiger partial charge in [0.05, 0.1) is 6.26 Å². The van der Waals surface area contributed by atoms with E-state index in [1.54, 1.807) is 4.90 Å². The van der Waals surface area contributed by atoms with Crippen molar-refractivity contribution in [3.05, 3.63) is 0 Å². The van der Waals surface area contributed by atoms with Crippen molar-refractivity contribution in [3.8, 4) is 0 Å². The van der Waals surface area contributed by atoms with Crippen LogP contribution < -0.4 is 5.32 Å². The largest absolute Gasteiger partial charge is 0.340 e. The summed E-state index contributed by atoms with van der Waals surface area (Å²) in [6.45, 7) is 6.82. The van der Waals surface area contributed by atoms with Crippen LogP contribution in [0.25, 0.3) is 0 Å². The van der Waals surface area contributed by atoms with Crippen LogP contribution in [0.15, 0.2) is 0 Å². The zero-order valence-electron chi connectivity index (χ0n) is 12.1. The third-order valence-electron chi connectivity index (χ3n) is 3.18. The maximum absolute atomic E-state index is 11.9. The van der Waals surface area contributed by atoms with Gasteiger partial charge in [-0.05, 0) is 13.0 Å². The van der Waals surface area contributed by atoms with Gasteiger partial charge in [-0.1, -0.05) is 13.8 Å². The lowest BCUT2D eigenvalue weighted by molar-refractivity contribution is -0.132. The molecule has 19 heavy (non-hydrogen) atoms. The molecule has 1 aliphatic heterocycles. The summed E-state index contributed by atoms with van der Waals surface area (Å²) in [5.41, 5.74) is 0. The SMILES string of the molecule is CC(C)NCCCC(=O)N1CCN(S(C)(=O)=O)CC1. The first-order chi connectivity index (χ1) is 8.80. The molecule has 1 heterocycles. The van der Waals surface area contributed by atoms with Crippen LogP contribution in [-0.2, 0) is 14.8 Å². The molecule has 1 fully saturated rings. The van der Waals surface area contributed by atoms with E-state index in [1.165, 1.54) is 10.6 Å². The Kier molecular flexibility index (Phi) is 6.22. The van der Waals surface area contributed by atoms with E-state index < -0.39 is 10.0 Å². The third-order valence-corrected chi connectivity index (χ3v) is 4.48. The second-order valence-corrected chi connectivity index (χ2v) is 7.24. The van der Waals surface area contributed by atoms with Crippen LogP contribution in [0.3, 0.4) is 0 Å². The Morgan fingerprint density at radius 3 is 2.26 bits per heavy atom. The summed E-state index contributed by atoms with van der Waals surface area (Å²) in [6.07, 6.45) is 2.56. The number of nitrogens with one attached hydrogen (secondary N) is 1. The Morgan fingerprint density at radius 1 is 1.21 bits per heavy atom. The van der Waals surface area contributed by atoms with Gasteiger partial charge < -0.3 is 10.2 Å². The standard InChI is InChI=1S/C12H25N3O3S/c1-11(2)13-6-4-5-12(16)14-7-9-15(10-8-14)19(3,17)18/h11,13H,4-10H2,1-3H3. The molecule has 112 valence electrons. The van der Waals surface area contributed by atoms with Crippen LogP contribution >= 0.6 is 0 Å². The quantitative estimate of drug-likeness (QED) is 0.692. The number of piperazine rings is 1. The highest BCUT2D eigenvalue weighted by atomic mass is 32.2. The van der Waals surface area contributed by atoms with Gasteiger partial charge in [-0.15, -0.1) is 0 Å². The Labute approximate surface area is 116 Å². The molecule has 1 amide bonds. The topological polar surface area (TPSA) is 69.7 Å². The molecule has 0 radical (unpaired) electrons. The fourth-order valence-corrected chi connectivity index (χ4v) is 2.88. The van der Waals surface area contributed by atoms with E-state index in [0.29, 0.717) is 38.6 Å². The Bertz CT molecular complexity index is 387. The van der Waals surface area contributed by atoms with Gasteiger partial charge in [0.1, 0.15) is 0 Å². The summed E-state index contributed by atoms with van der Waals surface area (Å²) in [7, 11) is -3.12. The Balaban J connectivity index is 2.25. The van der Waals surface area contributed by atoms with Gasteiger partial charge in [0.15, 0.2) is 0 Å². The first-order valence-electron chi connectivity index (χ1n) is 6.77. The van der Waals surface area contributed by atoms with Crippen molar-refractivity contribution in [2.75, 3.05) is 39.0 Å². The maximum atomic E-state index is 11.9. The van der Waals surface area contributed by atoms with Crippen molar-refractivity contribution in [2.24, 2.45) is 0 Å². The van der Waals surface area contributed by atoms with Gasteiger partial charge in [-0.25, -0.2) is 8.42 Å². The van der Waals surface area contributed by atoms with E-state index in [0.717, 1.165) is 13.0 Å². The molecule has 0 bridgehead atoms. The van der Waals surface area contributed by atoms with E-state index in [1.807, 2.05) is 0 Å². The van der Waals surface area contributed by atoms with E-state index in [-0.39, 0.29) is 5.91 Å². The molecule has 7 heteroatoms. The van der Waals surface area contributed by atoms with Gasteiger partial charge >= 0.3 is 0 Å². The number of sulfonamides is 1. The summed E-state index contributed by atoms with van der Waals surface area (Å²) in [5, 5.41) is 3.27. The van der Waals surface area contributed by atoms with Crippen molar-refractivity contribution in [1.29, 1.82) is 0 Å². The van der Waals surface area contributed by atoms with Crippen LogP contribution in [0.1, 0.15) is 26.7 Å². The number of hydrogen-bond donors (Lipinski definition) is 1. The molecule has 0 aromatic heterocycles. The highest BCUT2D eigenvalue weighted by molar-refractivity contribution is 7.88. The highest BCUT2D eigenvalue weighted by Gasteiger charge is 2.25. The van der Waals surface area contributed by atoms with Crippen LogP contribution in [0.2, 0.25) is 0 Å². The molecular weight excluding hydrogens is 266 g/mol. The van der Waals surface area contributed by atoms with Gasteiger partial charge in [0.25, 0.3) is 0 Å². The molecule has 0 aromatic carbocycles. The molecule has 1 N–H and O–H groups in total. The Morgan fingerprint density at radius 2 is 1.79 bits per heavy atom. The molecular formula is C12H25N3O3S. The third kappa shape index (κ3) is 5.88. The van der Waals surface area contributed by atoms with Crippen LogP contribution in [0, 0.1) is 0 Å². The molecule has 0 spiro atoms. The monoisotopic (exact) mass is 291 g/mol. The molecule has 0 aliphatic carbocycles. The molecule has 0 aromatic rings. The summed E-state index contributed by atoms with van der Waals surface area (Å²) in [6, 6.07) is 0.438. The lowest BCUT2D eigenvalue weighted by Crippen LogP contribution is -2.50. The lowest BCUT2D eigenvalue weighted by atomic mass is 10.2. The second-order valence-electron chi connectivity index (χ2n) is 5.26. The molecule has 1 saturated heterocycles. The van der Waals surface area contributed by atoms with Crippen molar-refractivity contribution in [3.63, 3.8) is 0 Å². The van der Waals surface area contributed by atoms with Crippen molar-refractivity contribution in [1.82, 2.24) is 14.5 Å². The zero-order valence-corrected chi connectivity index (χ0v) is 12.9. The van der Waals surface area contributed by atoms with Crippen LogP contribution in [-0.4, -0.2) is 68.6 Å². The molecule has 0 saturated carbocycles. The van der Waals surface area contributed by atoms with E-state index in [9.17, 15) is 13.2 Å². The second kappa shape index (κ2) is 7.21. The molecule has 0 atom stereocenters. The van der Waals surface area contributed by atoms with Gasteiger partial charge in [0.2, 0.25) is 15.9 Å². The average Bonchev–Trinajstić information content (AvgIpc) is 2.33. The first kappa shape index (κ1) is 16.4. The molecule has 1 rings (SSSR count). The van der Waals surface area contributed by atoms with E-state index in [4.69, 9.17) is 0 Å². The van der Waals surface area contributed by atoms with E-state index in [2.05, 4.69) is 19.2 Å². The minimum absolute atomic E-state index is 0.124. The smallest absolute Gasteiger partial charge is 0.222 e. The van der Waals surface area contributed by atoms with Crippen LogP contribution in [0.4, 0.5) is 0 Å². The van der Waals surface area contributed by atoms with E-state index >= 15 is 0 Å². The highest BCUT2D eigenvalue weighted by Crippen LogP contribution is 2.08. The summed E-state index contributed by atoms with van der Waals surface area (Å²) >= 11 is 0. The maximum Gasteiger partial charge on any atom is 0.222 e. The van der Waals surface area contributed by atoms with Gasteiger partial charge in [-0.2, -0.15) is 4.31 Å². The lowest BCUT2D eigenvalue weighted by Gasteiger charge is -2.33. The predicted octanol–water partition coefficient (Wildman–Crippen LogP) is -0.132. The molecule has 0 unspecified atom stereocenters. The Hall–Kier alpha value is -0.660. The minimum Gasteiger partial charge on any atom is -0.340 e. The summed E-state index contributed by atoms with van der Waals surface area (Å²) < 4.78 is 24.1. The number of carbonyl (C=O) groups is 1. The van der Waals surface area contributed by atoms with Gasteiger partial charge in [-0.3, -0.25) is 4.79 Å². The van der Waals surface area contributed by atoms with Crippen LogP contribution in [0.5, 0.6) is 0 Å². The minimum atomic E-state index is -3.12.